The molecular formula is C46H57F3N4O7. The SMILES string of the molecule is C=CCC[C@@](OCc1ccccc1)(c1nnc(-c2nc(OC(CC=C)Cc3cccc(C(C)(C)C)c3)c(C)cc2N(C(=O)OC(C)(C)C)C(=O)OC(C)(C)C)o1)C(F)(F)F. The number of aromatic nitrogens is 3. The van der Waals surface area contributed by atoms with Crippen molar-refractivity contribution in [2.24, 2.45) is 0 Å². The molecule has 2 amide bonds. The van der Waals surface area contributed by atoms with Gasteiger partial charge in [0.25, 0.3) is 11.8 Å². The molecule has 0 fully saturated rings. The van der Waals surface area contributed by atoms with Gasteiger partial charge in [0, 0.05) is 18.4 Å². The molecular weight excluding hydrogens is 778 g/mol. The highest BCUT2D eigenvalue weighted by Crippen LogP contribution is 2.47. The number of rotatable bonds is 15. The third-order valence-corrected chi connectivity index (χ3v) is 8.96. The quantitative estimate of drug-likeness (QED) is 0.107. The number of allylic oxidation sites excluding steroid dienone is 1. The molecule has 11 nitrogen and oxygen atoms in total. The van der Waals surface area contributed by atoms with E-state index in [9.17, 15) is 9.59 Å². The molecule has 0 bridgehead atoms. The molecule has 0 spiro atoms. The van der Waals surface area contributed by atoms with Crippen LogP contribution in [0.2, 0.25) is 0 Å². The number of carbonyl (C=O) groups excluding carboxylic acids is 2. The Bertz CT molecular complexity index is 2090. The molecule has 0 aliphatic rings. The van der Waals surface area contributed by atoms with Gasteiger partial charge in [-0.05, 0) is 89.5 Å². The van der Waals surface area contributed by atoms with Gasteiger partial charge in [-0.1, -0.05) is 87.5 Å². The lowest BCUT2D eigenvalue weighted by molar-refractivity contribution is -0.299. The molecule has 60 heavy (non-hydrogen) atoms. The Labute approximate surface area is 351 Å². The van der Waals surface area contributed by atoms with Crippen molar-refractivity contribution in [3.05, 3.63) is 114 Å². The van der Waals surface area contributed by atoms with Gasteiger partial charge in [0.1, 0.15) is 17.3 Å². The van der Waals surface area contributed by atoms with Crippen LogP contribution in [-0.2, 0) is 38.3 Å². The van der Waals surface area contributed by atoms with E-state index in [2.05, 4.69) is 56.3 Å². The molecule has 2 aromatic carbocycles. The molecule has 0 aliphatic carbocycles. The second-order valence-electron chi connectivity index (χ2n) is 17.5. The number of alkyl halides is 3. The molecule has 0 saturated heterocycles. The average molecular weight is 835 g/mol. The fourth-order valence-electron chi connectivity index (χ4n) is 6.01. The third-order valence-electron chi connectivity index (χ3n) is 8.96. The summed E-state index contributed by atoms with van der Waals surface area (Å²) in [7, 11) is 0. The van der Waals surface area contributed by atoms with Gasteiger partial charge in [0.05, 0.1) is 12.3 Å². The molecule has 2 heterocycles. The van der Waals surface area contributed by atoms with Crippen molar-refractivity contribution in [3.63, 3.8) is 0 Å². The summed E-state index contributed by atoms with van der Waals surface area (Å²) in [5.41, 5.74) is -3.07. The second kappa shape index (κ2) is 18.8. The van der Waals surface area contributed by atoms with Crippen molar-refractivity contribution in [1.29, 1.82) is 0 Å². The number of anilines is 1. The minimum atomic E-state index is -5.06. The van der Waals surface area contributed by atoms with Crippen LogP contribution in [0.5, 0.6) is 5.88 Å². The molecule has 0 saturated carbocycles. The number of ether oxygens (including phenoxy) is 4. The van der Waals surface area contributed by atoms with Crippen LogP contribution < -0.4 is 9.64 Å². The van der Waals surface area contributed by atoms with Crippen molar-refractivity contribution in [3.8, 4) is 17.5 Å². The summed E-state index contributed by atoms with van der Waals surface area (Å²) in [5.74, 6) is -1.48. The first-order valence-electron chi connectivity index (χ1n) is 19.7. The highest BCUT2D eigenvalue weighted by atomic mass is 19.4. The summed E-state index contributed by atoms with van der Waals surface area (Å²) in [6.45, 7) is 24.7. The number of nitrogens with zero attached hydrogens (tertiary/aromatic N) is 4. The Morgan fingerprint density at radius 1 is 0.833 bits per heavy atom. The predicted octanol–water partition coefficient (Wildman–Crippen LogP) is 11.9. The van der Waals surface area contributed by atoms with Crippen LogP contribution in [0.3, 0.4) is 0 Å². The van der Waals surface area contributed by atoms with Gasteiger partial charge in [0.15, 0.2) is 5.69 Å². The predicted molar refractivity (Wildman–Crippen MR) is 224 cm³/mol. The molecule has 324 valence electrons. The summed E-state index contributed by atoms with van der Waals surface area (Å²) in [6.07, 6.45) is -4.82. The van der Waals surface area contributed by atoms with Crippen molar-refractivity contribution < 1.29 is 46.1 Å². The van der Waals surface area contributed by atoms with E-state index in [1.54, 1.807) is 84.9 Å². The number of amides is 2. The van der Waals surface area contributed by atoms with Gasteiger partial charge in [0.2, 0.25) is 11.5 Å². The Morgan fingerprint density at radius 3 is 2.00 bits per heavy atom. The minimum absolute atomic E-state index is 0.0229. The van der Waals surface area contributed by atoms with Crippen LogP contribution in [0, 0.1) is 6.92 Å². The molecule has 4 aromatic rings. The number of carbonyl (C=O) groups is 2. The summed E-state index contributed by atoms with van der Waals surface area (Å²) >= 11 is 0. The van der Waals surface area contributed by atoms with E-state index in [4.69, 9.17) is 28.3 Å². The molecule has 14 heteroatoms. The molecule has 0 aliphatic heterocycles. The number of hydrogen-bond donors (Lipinski definition) is 0. The summed E-state index contributed by atoms with van der Waals surface area (Å²) in [5, 5.41) is 7.93. The molecule has 0 N–H and O–H groups in total. The smallest absolute Gasteiger partial charge is 0.426 e. The zero-order chi connectivity index (χ0) is 44.7. The van der Waals surface area contributed by atoms with Crippen LogP contribution in [-0.4, -0.2) is 50.9 Å². The van der Waals surface area contributed by atoms with Crippen molar-refractivity contribution >= 4 is 17.9 Å². The Hall–Kier alpha value is -5.50. The maximum Gasteiger partial charge on any atom is 0.426 e. The fraction of sp³-hybridized carbons (Fsp3) is 0.457. The van der Waals surface area contributed by atoms with E-state index in [0.717, 1.165) is 11.1 Å². The Balaban J connectivity index is 1.95. The highest BCUT2D eigenvalue weighted by Gasteiger charge is 2.61. The number of pyridine rings is 1. The van der Waals surface area contributed by atoms with E-state index < -0.39 is 66.1 Å². The van der Waals surface area contributed by atoms with Gasteiger partial charge >= 0.3 is 18.4 Å². The van der Waals surface area contributed by atoms with E-state index in [0.29, 0.717) is 28.9 Å². The van der Waals surface area contributed by atoms with E-state index >= 15 is 13.2 Å². The fourth-order valence-corrected chi connectivity index (χ4v) is 6.01. The minimum Gasteiger partial charge on any atom is -0.473 e. The lowest BCUT2D eigenvalue weighted by Gasteiger charge is -2.32. The average Bonchev–Trinajstić information content (AvgIpc) is 3.61. The van der Waals surface area contributed by atoms with Gasteiger partial charge in [-0.25, -0.2) is 14.6 Å². The van der Waals surface area contributed by atoms with Crippen molar-refractivity contribution in [2.45, 2.75) is 136 Å². The molecule has 2 aromatic heterocycles. The normalized spacial score (nSPS) is 13.8. The molecule has 1 unspecified atom stereocenters. The summed E-state index contributed by atoms with van der Waals surface area (Å²) in [4.78, 5) is 33.2. The highest BCUT2D eigenvalue weighted by molar-refractivity contribution is 6.11. The summed E-state index contributed by atoms with van der Waals surface area (Å²) < 4.78 is 75.6. The zero-order valence-corrected chi connectivity index (χ0v) is 36.2. The second-order valence-corrected chi connectivity index (χ2v) is 17.5. The third kappa shape index (κ3) is 12.3. The maximum absolute atomic E-state index is 15.4. The number of halogens is 3. The van der Waals surface area contributed by atoms with Crippen LogP contribution in [0.25, 0.3) is 11.6 Å². The summed E-state index contributed by atoms with van der Waals surface area (Å²) in [6, 6.07) is 17.9. The lowest BCUT2D eigenvalue weighted by atomic mass is 9.85. The first-order valence-corrected chi connectivity index (χ1v) is 19.7. The lowest BCUT2D eigenvalue weighted by Crippen LogP contribution is -2.45. The van der Waals surface area contributed by atoms with Gasteiger partial charge in [-0.2, -0.15) is 18.1 Å². The van der Waals surface area contributed by atoms with E-state index in [1.165, 1.54) is 12.1 Å². The standard InChI is InChI=1S/C46H57F3N4O7/c1-13-15-25-45(46(47,48)49,56-29-31-21-17-16-18-22-31)39-52-51-38(58-39)36-35(53(40(54)59-43(7,8)9)41(55)60-44(10,11)12)26-30(3)37(50-36)57-34(20-14-2)28-32-23-19-24-33(27-32)42(4,5)6/h13-14,16-19,21-24,26-27,34H,1-2,15,20,25,28-29H2,3-12H3/t34?,45-/m1/s1. The largest absolute Gasteiger partial charge is 0.473 e. The van der Waals surface area contributed by atoms with Crippen LogP contribution >= 0.6 is 0 Å². The van der Waals surface area contributed by atoms with Crippen LogP contribution in [0.15, 0.2) is 90.4 Å². The van der Waals surface area contributed by atoms with Crippen molar-refractivity contribution in [2.75, 3.05) is 4.90 Å². The number of imide groups is 1. The van der Waals surface area contributed by atoms with Gasteiger partial charge in [-0.3, -0.25) is 0 Å². The van der Waals surface area contributed by atoms with Crippen LogP contribution in [0.4, 0.5) is 28.4 Å². The molecule has 4 rings (SSSR count). The first kappa shape index (κ1) is 47.2. The first-order chi connectivity index (χ1) is 27.9. The van der Waals surface area contributed by atoms with Crippen LogP contribution in [0.1, 0.15) is 110 Å². The Kier molecular flexibility index (Phi) is 14.8. The molecule has 0 radical (unpaired) electrons. The van der Waals surface area contributed by atoms with E-state index in [1.807, 2.05) is 12.1 Å². The van der Waals surface area contributed by atoms with E-state index in [-0.39, 0.29) is 29.1 Å². The van der Waals surface area contributed by atoms with Gasteiger partial charge in [-0.15, -0.1) is 23.4 Å². The maximum atomic E-state index is 15.4. The molecule has 2 atom stereocenters. The number of hydrogen-bond acceptors (Lipinski definition) is 10. The topological polar surface area (TPSA) is 126 Å². The van der Waals surface area contributed by atoms with Crippen molar-refractivity contribution in [1.82, 2.24) is 15.2 Å². The number of aryl methyl sites for hydroxylation is 1. The van der Waals surface area contributed by atoms with Gasteiger partial charge < -0.3 is 23.4 Å². The monoisotopic (exact) mass is 834 g/mol. The zero-order valence-electron chi connectivity index (χ0n) is 36.2. The Morgan fingerprint density at radius 2 is 1.45 bits per heavy atom. The number of benzene rings is 2.